The van der Waals surface area contributed by atoms with Crippen LogP contribution in [-0.4, -0.2) is 73.8 Å². The summed E-state index contributed by atoms with van der Waals surface area (Å²) in [5.41, 5.74) is 0.896. The summed E-state index contributed by atoms with van der Waals surface area (Å²) in [6.07, 6.45) is 2.52. The number of hydrogen-bond donors (Lipinski definition) is 1. The van der Waals surface area contributed by atoms with Crippen LogP contribution in [0.15, 0.2) is 24.3 Å². The molecule has 0 radical (unpaired) electrons. The molecule has 0 aliphatic carbocycles. The lowest BCUT2D eigenvalue weighted by Gasteiger charge is -2.43. The molecule has 0 spiro atoms. The molecule has 1 aromatic carbocycles. The molecule has 0 bridgehead atoms. The predicted octanol–water partition coefficient (Wildman–Crippen LogP) is 1.47. The molecule has 3 fully saturated rings. The number of carbonyl (C=O) groups is 2. The van der Waals surface area contributed by atoms with E-state index in [0.29, 0.717) is 26.2 Å². The molecule has 3 aliphatic heterocycles. The lowest BCUT2D eigenvalue weighted by molar-refractivity contribution is -0.139. The number of methoxy groups -OCH3 is 1. The second-order valence-corrected chi connectivity index (χ2v) is 7.77. The van der Waals surface area contributed by atoms with E-state index < -0.39 is 0 Å². The first-order valence-electron chi connectivity index (χ1n) is 10.2. The minimum atomic E-state index is -0.102. The van der Waals surface area contributed by atoms with Gasteiger partial charge in [-0.3, -0.25) is 4.79 Å². The molecule has 154 valence electrons. The minimum absolute atomic E-state index is 0.0211. The van der Waals surface area contributed by atoms with Crippen LogP contribution in [0.1, 0.15) is 24.8 Å². The van der Waals surface area contributed by atoms with Crippen LogP contribution in [0.4, 0.5) is 4.79 Å². The standard InChI is InChI=1S/C22H27N3O4/c1-28-19-5-3-2-4-17(19)7-6-16-8-11-24(12-9-16)22(27)25-13-10-20-18(14-25)23-21(26)15-29-20/h2-5,16,18,20H,8-15H2,1H3,(H,23,26)/t18-,20+/m1/s1. The first kappa shape index (κ1) is 19.6. The number of nitrogens with zero attached hydrogens (tertiary/aromatic N) is 2. The third kappa shape index (κ3) is 4.48. The number of hydrogen-bond acceptors (Lipinski definition) is 4. The largest absolute Gasteiger partial charge is 0.495 e. The van der Waals surface area contributed by atoms with Crippen molar-refractivity contribution >= 4 is 11.9 Å². The van der Waals surface area contributed by atoms with E-state index in [0.717, 1.165) is 30.6 Å². The molecule has 0 aromatic heterocycles. The average molecular weight is 397 g/mol. The van der Waals surface area contributed by atoms with E-state index >= 15 is 0 Å². The SMILES string of the molecule is COc1ccccc1C#CC1CCN(C(=O)N2CC[C@@H]3OCC(=O)N[C@@H]3C2)CC1. The average Bonchev–Trinajstić information content (AvgIpc) is 2.77. The minimum Gasteiger partial charge on any atom is -0.495 e. The van der Waals surface area contributed by atoms with Gasteiger partial charge in [0.1, 0.15) is 12.4 Å². The maximum absolute atomic E-state index is 12.9. The fraction of sp³-hybridized carbons (Fsp3) is 0.545. The number of nitrogens with one attached hydrogen (secondary N) is 1. The number of carbonyl (C=O) groups excluding carboxylic acids is 2. The zero-order valence-corrected chi connectivity index (χ0v) is 16.7. The van der Waals surface area contributed by atoms with Gasteiger partial charge in [-0.05, 0) is 31.4 Å². The summed E-state index contributed by atoms with van der Waals surface area (Å²) < 4.78 is 10.9. The summed E-state index contributed by atoms with van der Waals surface area (Å²) >= 11 is 0. The molecule has 3 aliphatic rings. The van der Waals surface area contributed by atoms with Gasteiger partial charge in [0.25, 0.3) is 0 Å². The van der Waals surface area contributed by atoms with Gasteiger partial charge >= 0.3 is 6.03 Å². The van der Waals surface area contributed by atoms with E-state index in [9.17, 15) is 9.59 Å². The number of rotatable bonds is 1. The van der Waals surface area contributed by atoms with Crippen LogP contribution in [0.5, 0.6) is 5.75 Å². The van der Waals surface area contributed by atoms with E-state index in [2.05, 4.69) is 17.2 Å². The fourth-order valence-corrected chi connectivity index (χ4v) is 4.22. The number of fused-ring (bicyclic) bond motifs is 1. The Morgan fingerprint density at radius 1 is 1.17 bits per heavy atom. The zero-order chi connectivity index (χ0) is 20.2. The maximum Gasteiger partial charge on any atom is 0.320 e. The molecule has 1 aromatic rings. The molecule has 3 heterocycles. The Kier molecular flexibility index (Phi) is 5.91. The van der Waals surface area contributed by atoms with Crippen molar-refractivity contribution < 1.29 is 19.1 Å². The first-order valence-corrected chi connectivity index (χ1v) is 10.2. The van der Waals surface area contributed by atoms with Gasteiger partial charge in [0.2, 0.25) is 5.91 Å². The fourth-order valence-electron chi connectivity index (χ4n) is 4.22. The summed E-state index contributed by atoms with van der Waals surface area (Å²) in [6.45, 7) is 2.72. The van der Waals surface area contributed by atoms with Crippen LogP contribution in [0.25, 0.3) is 0 Å². The van der Waals surface area contributed by atoms with Gasteiger partial charge in [-0.1, -0.05) is 24.0 Å². The summed E-state index contributed by atoms with van der Waals surface area (Å²) in [7, 11) is 1.65. The highest BCUT2D eigenvalue weighted by atomic mass is 16.5. The summed E-state index contributed by atoms with van der Waals surface area (Å²) in [5, 5.41) is 2.95. The van der Waals surface area contributed by atoms with Crippen molar-refractivity contribution in [3.63, 3.8) is 0 Å². The lowest BCUT2D eigenvalue weighted by atomic mass is 9.96. The molecular weight excluding hydrogens is 370 g/mol. The van der Waals surface area contributed by atoms with Gasteiger partial charge in [0.15, 0.2) is 0 Å². The molecule has 3 saturated heterocycles. The number of amides is 3. The van der Waals surface area contributed by atoms with Crippen LogP contribution in [-0.2, 0) is 9.53 Å². The number of benzene rings is 1. The van der Waals surface area contributed by atoms with Crippen molar-refractivity contribution in [2.45, 2.75) is 31.4 Å². The molecule has 7 heteroatoms. The van der Waals surface area contributed by atoms with E-state index in [-0.39, 0.29) is 36.6 Å². The van der Waals surface area contributed by atoms with Crippen molar-refractivity contribution in [3.05, 3.63) is 29.8 Å². The van der Waals surface area contributed by atoms with Crippen molar-refractivity contribution in [2.24, 2.45) is 5.92 Å². The van der Waals surface area contributed by atoms with E-state index in [1.54, 1.807) is 7.11 Å². The Bertz CT molecular complexity index is 823. The van der Waals surface area contributed by atoms with Gasteiger partial charge in [0, 0.05) is 32.1 Å². The quantitative estimate of drug-likeness (QED) is 0.729. The topological polar surface area (TPSA) is 71.1 Å². The lowest BCUT2D eigenvalue weighted by Crippen LogP contribution is -2.62. The number of likely N-dealkylation sites (tertiary alicyclic amines) is 2. The van der Waals surface area contributed by atoms with Crippen LogP contribution < -0.4 is 10.1 Å². The molecule has 0 saturated carbocycles. The molecule has 1 N–H and O–H groups in total. The Hall–Kier alpha value is -2.72. The summed E-state index contributed by atoms with van der Waals surface area (Å²) in [5.74, 6) is 7.55. The monoisotopic (exact) mass is 397 g/mol. The van der Waals surface area contributed by atoms with Crippen LogP contribution in [0.2, 0.25) is 0 Å². The van der Waals surface area contributed by atoms with Gasteiger partial charge in [-0.2, -0.15) is 0 Å². The van der Waals surface area contributed by atoms with Crippen LogP contribution in [0, 0.1) is 17.8 Å². The Morgan fingerprint density at radius 2 is 1.93 bits per heavy atom. The molecule has 4 rings (SSSR count). The van der Waals surface area contributed by atoms with Crippen molar-refractivity contribution in [1.82, 2.24) is 15.1 Å². The van der Waals surface area contributed by atoms with Gasteiger partial charge in [0.05, 0.1) is 24.8 Å². The first-order chi connectivity index (χ1) is 14.1. The molecule has 3 amide bonds. The van der Waals surface area contributed by atoms with Gasteiger partial charge < -0.3 is 24.6 Å². The maximum atomic E-state index is 12.9. The second kappa shape index (κ2) is 8.75. The van der Waals surface area contributed by atoms with Crippen molar-refractivity contribution in [1.29, 1.82) is 0 Å². The number of morpholine rings is 1. The Balaban J connectivity index is 1.30. The highest BCUT2D eigenvalue weighted by Gasteiger charge is 2.37. The number of urea groups is 1. The smallest absolute Gasteiger partial charge is 0.320 e. The third-order valence-corrected chi connectivity index (χ3v) is 5.88. The number of piperidine rings is 2. The van der Waals surface area contributed by atoms with Crippen LogP contribution in [0.3, 0.4) is 0 Å². The predicted molar refractivity (Wildman–Crippen MR) is 107 cm³/mol. The molecule has 7 nitrogen and oxygen atoms in total. The van der Waals surface area contributed by atoms with E-state index in [1.807, 2.05) is 34.1 Å². The number of para-hydroxylation sites is 1. The van der Waals surface area contributed by atoms with Gasteiger partial charge in [-0.15, -0.1) is 0 Å². The highest BCUT2D eigenvalue weighted by molar-refractivity contribution is 5.79. The zero-order valence-electron chi connectivity index (χ0n) is 16.7. The Morgan fingerprint density at radius 3 is 2.72 bits per heavy atom. The van der Waals surface area contributed by atoms with Crippen LogP contribution >= 0.6 is 0 Å². The highest BCUT2D eigenvalue weighted by Crippen LogP contribution is 2.22. The summed E-state index contributed by atoms with van der Waals surface area (Å²) in [4.78, 5) is 28.2. The Labute approximate surface area is 171 Å². The normalized spacial score (nSPS) is 24.8. The van der Waals surface area contributed by atoms with Crippen molar-refractivity contribution in [3.8, 4) is 17.6 Å². The molecule has 29 heavy (non-hydrogen) atoms. The van der Waals surface area contributed by atoms with E-state index in [4.69, 9.17) is 9.47 Å². The molecule has 0 unspecified atom stereocenters. The van der Waals surface area contributed by atoms with Crippen molar-refractivity contribution in [2.75, 3.05) is 39.9 Å². The summed E-state index contributed by atoms with van der Waals surface area (Å²) in [6, 6.07) is 7.71. The number of ether oxygens (including phenoxy) is 2. The third-order valence-electron chi connectivity index (χ3n) is 5.88. The second-order valence-electron chi connectivity index (χ2n) is 7.77. The molecular formula is C22H27N3O4. The van der Waals surface area contributed by atoms with Gasteiger partial charge in [-0.25, -0.2) is 4.79 Å². The molecule has 2 atom stereocenters. The van der Waals surface area contributed by atoms with E-state index in [1.165, 1.54) is 0 Å².